The molecule has 20 heavy (non-hydrogen) atoms. The van der Waals surface area contributed by atoms with Crippen LogP contribution in [0.5, 0.6) is 0 Å². The van der Waals surface area contributed by atoms with Gasteiger partial charge in [0.1, 0.15) is 11.3 Å². The third-order valence-electron chi connectivity index (χ3n) is 3.34. The highest BCUT2D eigenvalue weighted by atomic mass is 15.1. The minimum absolute atomic E-state index is 0.573. The average Bonchev–Trinajstić information content (AvgIpc) is 2.78. The minimum Gasteiger partial charge on any atom is -0.312 e. The van der Waals surface area contributed by atoms with E-state index in [4.69, 9.17) is 4.98 Å². The Balaban J connectivity index is 2.04. The first-order chi connectivity index (χ1) is 9.74. The highest BCUT2D eigenvalue weighted by Crippen LogP contribution is 2.18. The molecule has 102 valence electrons. The quantitative estimate of drug-likeness (QED) is 0.720. The number of fused-ring (bicyclic) bond motifs is 1. The monoisotopic (exact) mass is 265 g/mol. The molecule has 0 aliphatic rings. The standard InChI is InChI=1S/C17H19N3/c1-13(2)12-20-16(11-14-7-4-3-5-8-14)19-15-9-6-10-18-17(15)20/h3-10,13H,11-12H2,1-2H3. The molecule has 0 bridgehead atoms. The topological polar surface area (TPSA) is 30.7 Å². The maximum atomic E-state index is 4.76. The number of hydrogen-bond donors (Lipinski definition) is 0. The van der Waals surface area contributed by atoms with Crippen LogP contribution < -0.4 is 0 Å². The van der Waals surface area contributed by atoms with Crippen molar-refractivity contribution in [3.8, 4) is 0 Å². The molecule has 1 aromatic carbocycles. The molecule has 3 heteroatoms. The molecular weight excluding hydrogens is 246 g/mol. The summed E-state index contributed by atoms with van der Waals surface area (Å²) in [5.41, 5.74) is 3.26. The third-order valence-corrected chi connectivity index (χ3v) is 3.34. The zero-order valence-electron chi connectivity index (χ0n) is 12.0. The van der Waals surface area contributed by atoms with Gasteiger partial charge in [0.05, 0.1) is 0 Å². The Morgan fingerprint density at radius 1 is 1.05 bits per heavy atom. The van der Waals surface area contributed by atoms with Crippen LogP contribution in [0.1, 0.15) is 25.2 Å². The van der Waals surface area contributed by atoms with Crippen LogP contribution in [-0.4, -0.2) is 14.5 Å². The van der Waals surface area contributed by atoms with E-state index in [9.17, 15) is 0 Å². The van der Waals surface area contributed by atoms with Gasteiger partial charge in [-0.05, 0) is 23.6 Å². The number of benzene rings is 1. The lowest BCUT2D eigenvalue weighted by atomic mass is 10.1. The summed E-state index contributed by atoms with van der Waals surface area (Å²) in [6, 6.07) is 14.5. The predicted molar refractivity (Wildman–Crippen MR) is 81.6 cm³/mol. The molecule has 0 atom stereocenters. The Morgan fingerprint density at radius 2 is 1.85 bits per heavy atom. The molecule has 0 N–H and O–H groups in total. The molecule has 0 aliphatic heterocycles. The lowest BCUT2D eigenvalue weighted by Gasteiger charge is -2.11. The summed E-state index contributed by atoms with van der Waals surface area (Å²) in [5.74, 6) is 1.67. The SMILES string of the molecule is CC(C)Cn1c(Cc2ccccc2)nc2cccnc21. The highest BCUT2D eigenvalue weighted by molar-refractivity contribution is 5.71. The smallest absolute Gasteiger partial charge is 0.160 e. The van der Waals surface area contributed by atoms with E-state index in [2.05, 4.69) is 47.7 Å². The molecule has 0 radical (unpaired) electrons. The van der Waals surface area contributed by atoms with Crippen LogP contribution in [0.2, 0.25) is 0 Å². The van der Waals surface area contributed by atoms with Gasteiger partial charge in [-0.2, -0.15) is 0 Å². The fourth-order valence-corrected chi connectivity index (χ4v) is 2.48. The van der Waals surface area contributed by atoms with Gasteiger partial charge in [0.15, 0.2) is 5.65 Å². The summed E-state index contributed by atoms with van der Waals surface area (Å²) in [6.07, 6.45) is 2.69. The van der Waals surface area contributed by atoms with Crippen molar-refractivity contribution in [3.63, 3.8) is 0 Å². The summed E-state index contributed by atoms with van der Waals surface area (Å²) in [7, 11) is 0. The Morgan fingerprint density at radius 3 is 2.60 bits per heavy atom. The van der Waals surface area contributed by atoms with Crippen LogP contribution in [0, 0.1) is 5.92 Å². The van der Waals surface area contributed by atoms with Gasteiger partial charge in [-0.25, -0.2) is 9.97 Å². The normalized spacial score (nSPS) is 11.3. The number of hydrogen-bond acceptors (Lipinski definition) is 2. The van der Waals surface area contributed by atoms with E-state index in [0.717, 1.165) is 30.0 Å². The van der Waals surface area contributed by atoms with E-state index >= 15 is 0 Å². The molecule has 2 aromatic heterocycles. The molecule has 0 saturated carbocycles. The van der Waals surface area contributed by atoms with E-state index < -0.39 is 0 Å². The van der Waals surface area contributed by atoms with Gasteiger partial charge < -0.3 is 4.57 Å². The van der Waals surface area contributed by atoms with Gasteiger partial charge in [-0.1, -0.05) is 44.2 Å². The number of rotatable bonds is 4. The zero-order valence-corrected chi connectivity index (χ0v) is 12.0. The van der Waals surface area contributed by atoms with E-state index in [0.29, 0.717) is 5.92 Å². The van der Waals surface area contributed by atoms with Crippen molar-refractivity contribution in [2.45, 2.75) is 26.8 Å². The third kappa shape index (κ3) is 2.57. The Bertz CT molecular complexity index is 699. The molecule has 0 spiro atoms. The van der Waals surface area contributed by atoms with Crippen molar-refractivity contribution < 1.29 is 0 Å². The second-order valence-electron chi connectivity index (χ2n) is 5.54. The highest BCUT2D eigenvalue weighted by Gasteiger charge is 2.12. The summed E-state index contributed by atoms with van der Waals surface area (Å²) < 4.78 is 2.26. The zero-order chi connectivity index (χ0) is 13.9. The molecule has 3 nitrogen and oxygen atoms in total. The Labute approximate surface area is 119 Å². The lowest BCUT2D eigenvalue weighted by Crippen LogP contribution is -2.09. The summed E-state index contributed by atoms with van der Waals surface area (Å²) in [5, 5.41) is 0. The van der Waals surface area contributed by atoms with Crippen molar-refractivity contribution in [1.29, 1.82) is 0 Å². The Kier molecular flexibility index (Phi) is 3.50. The van der Waals surface area contributed by atoms with E-state index in [1.54, 1.807) is 0 Å². The number of aromatic nitrogens is 3. The van der Waals surface area contributed by atoms with Gasteiger partial charge in [-0.3, -0.25) is 0 Å². The van der Waals surface area contributed by atoms with Crippen LogP contribution in [0.3, 0.4) is 0 Å². The minimum atomic E-state index is 0.573. The first-order valence-corrected chi connectivity index (χ1v) is 7.08. The maximum Gasteiger partial charge on any atom is 0.160 e. The van der Waals surface area contributed by atoms with Crippen molar-refractivity contribution in [3.05, 3.63) is 60.0 Å². The maximum absolute atomic E-state index is 4.76. The largest absolute Gasteiger partial charge is 0.312 e. The number of nitrogens with zero attached hydrogens (tertiary/aromatic N) is 3. The lowest BCUT2D eigenvalue weighted by molar-refractivity contribution is 0.518. The molecule has 3 rings (SSSR count). The van der Waals surface area contributed by atoms with Crippen LogP contribution in [0.25, 0.3) is 11.2 Å². The second kappa shape index (κ2) is 5.45. The van der Waals surface area contributed by atoms with Gasteiger partial charge in [-0.15, -0.1) is 0 Å². The van der Waals surface area contributed by atoms with Crippen LogP contribution in [-0.2, 0) is 13.0 Å². The summed E-state index contributed by atoms with van der Waals surface area (Å²) >= 11 is 0. The van der Waals surface area contributed by atoms with Crippen molar-refractivity contribution in [2.75, 3.05) is 0 Å². The molecular formula is C17H19N3. The van der Waals surface area contributed by atoms with Crippen LogP contribution >= 0.6 is 0 Å². The van der Waals surface area contributed by atoms with Gasteiger partial charge >= 0.3 is 0 Å². The van der Waals surface area contributed by atoms with E-state index in [1.165, 1.54) is 5.56 Å². The van der Waals surface area contributed by atoms with Crippen LogP contribution in [0.4, 0.5) is 0 Å². The molecule has 0 unspecified atom stereocenters. The van der Waals surface area contributed by atoms with Gasteiger partial charge in [0.25, 0.3) is 0 Å². The average molecular weight is 265 g/mol. The fourth-order valence-electron chi connectivity index (χ4n) is 2.48. The van der Waals surface area contributed by atoms with E-state index in [1.807, 2.05) is 24.4 Å². The molecule has 0 aliphatic carbocycles. The van der Waals surface area contributed by atoms with Gasteiger partial charge in [0, 0.05) is 19.2 Å². The van der Waals surface area contributed by atoms with Crippen molar-refractivity contribution in [2.24, 2.45) is 5.92 Å². The van der Waals surface area contributed by atoms with Crippen LogP contribution in [0.15, 0.2) is 48.7 Å². The van der Waals surface area contributed by atoms with Gasteiger partial charge in [0.2, 0.25) is 0 Å². The first kappa shape index (κ1) is 12.9. The molecule has 0 saturated heterocycles. The summed E-state index contributed by atoms with van der Waals surface area (Å²) in [4.78, 5) is 9.26. The van der Waals surface area contributed by atoms with E-state index in [-0.39, 0.29) is 0 Å². The molecule has 0 fully saturated rings. The fraction of sp³-hybridized carbons (Fsp3) is 0.294. The summed E-state index contributed by atoms with van der Waals surface area (Å²) in [6.45, 7) is 5.40. The molecule has 2 heterocycles. The first-order valence-electron chi connectivity index (χ1n) is 7.08. The second-order valence-corrected chi connectivity index (χ2v) is 5.54. The molecule has 0 amide bonds. The van der Waals surface area contributed by atoms with Crippen molar-refractivity contribution >= 4 is 11.2 Å². The Hall–Kier alpha value is -2.16. The predicted octanol–water partition coefficient (Wildman–Crippen LogP) is 3.68. The number of pyridine rings is 1. The van der Waals surface area contributed by atoms with Crippen molar-refractivity contribution in [1.82, 2.24) is 14.5 Å². The molecule has 3 aromatic rings. The number of imidazole rings is 1.